The van der Waals surface area contributed by atoms with E-state index in [0.29, 0.717) is 12.5 Å². The third kappa shape index (κ3) is 3.45. The van der Waals surface area contributed by atoms with Crippen molar-refractivity contribution in [1.82, 2.24) is 9.88 Å². The first-order valence-electron chi connectivity index (χ1n) is 7.71. The summed E-state index contributed by atoms with van der Waals surface area (Å²) in [5.41, 5.74) is 3.32. The molecular weight excluding hydrogens is 274 g/mol. The maximum absolute atomic E-state index is 12.4. The maximum atomic E-state index is 12.4. The number of aryl methyl sites for hydroxylation is 1. The Hall–Kier alpha value is -2.36. The van der Waals surface area contributed by atoms with Gasteiger partial charge in [-0.15, -0.1) is 0 Å². The maximum Gasteiger partial charge on any atom is 0.227 e. The molecule has 3 rings (SSSR count). The number of carbonyl (C=O) groups is 1. The van der Waals surface area contributed by atoms with Crippen LogP contribution in [0.2, 0.25) is 0 Å². The van der Waals surface area contributed by atoms with Crippen LogP contribution in [0.4, 0.5) is 5.69 Å². The van der Waals surface area contributed by atoms with Gasteiger partial charge in [-0.05, 0) is 30.5 Å². The zero-order valence-electron chi connectivity index (χ0n) is 12.8. The molecule has 114 valence electrons. The molecule has 0 saturated carbocycles. The summed E-state index contributed by atoms with van der Waals surface area (Å²) in [6.45, 7) is 3.64. The Morgan fingerprint density at radius 3 is 2.91 bits per heavy atom. The zero-order valence-corrected chi connectivity index (χ0v) is 12.8. The monoisotopic (exact) mass is 295 g/mol. The van der Waals surface area contributed by atoms with Gasteiger partial charge in [0.25, 0.3) is 0 Å². The van der Waals surface area contributed by atoms with Crippen molar-refractivity contribution in [2.75, 3.05) is 18.4 Å². The smallest absolute Gasteiger partial charge is 0.227 e. The summed E-state index contributed by atoms with van der Waals surface area (Å²) >= 11 is 0. The average molecular weight is 295 g/mol. The van der Waals surface area contributed by atoms with Crippen molar-refractivity contribution in [1.29, 1.82) is 0 Å². The highest BCUT2D eigenvalue weighted by molar-refractivity contribution is 5.79. The molecule has 0 aliphatic carbocycles. The minimum atomic E-state index is 0.210. The van der Waals surface area contributed by atoms with Gasteiger partial charge in [0.15, 0.2) is 0 Å². The van der Waals surface area contributed by atoms with Crippen LogP contribution in [-0.4, -0.2) is 34.9 Å². The van der Waals surface area contributed by atoms with Gasteiger partial charge < -0.3 is 10.2 Å². The fourth-order valence-electron chi connectivity index (χ4n) is 2.84. The fraction of sp³-hybridized carbons (Fsp3) is 0.333. The van der Waals surface area contributed by atoms with Crippen molar-refractivity contribution in [2.45, 2.75) is 25.8 Å². The Kier molecular flexibility index (Phi) is 4.37. The van der Waals surface area contributed by atoms with Crippen LogP contribution in [0.5, 0.6) is 0 Å². The topological polar surface area (TPSA) is 45.2 Å². The van der Waals surface area contributed by atoms with E-state index in [1.807, 2.05) is 54.4 Å². The van der Waals surface area contributed by atoms with E-state index in [4.69, 9.17) is 0 Å². The molecule has 1 atom stereocenters. The molecule has 1 aliphatic heterocycles. The SMILES string of the molecule is Cc1cnccc1NC1CCN(C(=O)Cc2ccccc2)C1. The van der Waals surface area contributed by atoms with E-state index in [1.54, 1.807) is 6.20 Å². The van der Waals surface area contributed by atoms with Crippen molar-refractivity contribution in [3.8, 4) is 0 Å². The molecule has 0 bridgehead atoms. The van der Waals surface area contributed by atoms with Crippen LogP contribution in [0, 0.1) is 6.92 Å². The van der Waals surface area contributed by atoms with Crippen LogP contribution in [0.25, 0.3) is 0 Å². The van der Waals surface area contributed by atoms with Crippen molar-refractivity contribution in [2.24, 2.45) is 0 Å². The number of pyridine rings is 1. The predicted molar refractivity (Wildman–Crippen MR) is 87.7 cm³/mol. The number of likely N-dealkylation sites (tertiary alicyclic amines) is 1. The normalized spacial score (nSPS) is 17.5. The van der Waals surface area contributed by atoms with Gasteiger partial charge in [0, 0.05) is 37.2 Å². The Bertz CT molecular complexity index is 642. The van der Waals surface area contributed by atoms with Crippen LogP contribution >= 0.6 is 0 Å². The van der Waals surface area contributed by atoms with E-state index in [-0.39, 0.29) is 5.91 Å². The zero-order chi connectivity index (χ0) is 15.4. The number of anilines is 1. The van der Waals surface area contributed by atoms with Crippen LogP contribution in [0.15, 0.2) is 48.8 Å². The van der Waals surface area contributed by atoms with Gasteiger partial charge in [0.1, 0.15) is 0 Å². The summed E-state index contributed by atoms with van der Waals surface area (Å²) in [7, 11) is 0. The van der Waals surface area contributed by atoms with Gasteiger partial charge in [-0.3, -0.25) is 9.78 Å². The third-order valence-electron chi connectivity index (χ3n) is 4.12. The lowest BCUT2D eigenvalue weighted by Gasteiger charge is -2.18. The summed E-state index contributed by atoms with van der Waals surface area (Å²) in [6, 6.07) is 12.2. The van der Waals surface area contributed by atoms with Gasteiger partial charge >= 0.3 is 0 Å². The molecule has 1 aliphatic rings. The van der Waals surface area contributed by atoms with Crippen LogP contribution in [0.1, 0.15) is 17.5 Å². The summed E-state index contributed by atoms with van der Waals surface area (Å²) in [5, 5.41) is 3.52. The highest BCUT2D eigenvalue weighted by Gasteiger charge is 2.26. The van der Waals surface area contributed by atoms with Crippen LogP contribution < -0.4 is 5.32 Å². The van der Waals surface area contributed by atoms with Gasteiger partial charge in [-0.1, -0.05) is 30.3 Å². The summed E-state index contributed by atoms with van der Waals surface area (Å²) in [5.74, 6) is 0.210. The minimum absolute atomic E-state index is 0.210. The van der Waals surface area contributed by atoms with E-state index in [0.717, 1.165) is 36.3 Å². The van der Waals surface area contributed by atoms with E-state index in [9.17, 15) is 4.79 Å². The van der Waals surface area contributed by atoms with Crippen molar-refractivity contribution in [3.63, 3.8) is 0 Å². The first-order chi connectivity index (χ1) is 10.7. The number of nitrogens with zero attached hydrogens (tertiary/aromatic N) is 2. The number of rotatable bonds is 4. The molecule has 1 aromatic carbocycles. The van der Waals surface area contributed by atoms with Gasteiger partial charge in [0.2, 0.25) is 5.91 Å². The van der Waals surface area contributed by atoms with Crippen LogP contribution in [0.3, 0.4) is 0 Å². The van der Waals surface area contributed by atoms with Crippen molar-refractivity contribution < 1.29 is 4.79 Å². The lowest BCUT2D eigenvalue weighted by Crippen LogP contribution is -2.32. The molecule has 2 aromatic rings. The molecule has 1 N–H and O–H groups in total. The second-order valence-electron chi connectivity index (χ2n) is 5.82. The first-order valence-corrected chi connectivity index (χ1v) is 7.71. The van der Waals surface area contributed by atoms with E-state index < -0.39 is 0 Å². The lowest BCUT2D eigenvalue weighted by molar-refractivity contribution is -0.129. The van der Waals surface area contributed by atoms with Gasteiger partial charge in [0.05, 0.1) is 6.42 Å². The molecule has 1 aromatic heterocycles. The standard InChI is InChI=1S/C18H21N3O/c1-14-12-19-9-7-17(14)20-16-8-10-21(13-16)18(22)11-15-5-3-2-4-6-15/h2-7,9,12,16H,8,10-11,13H2,1H3,(H,19,20). The third-order valence-corrected chi connectivity index (χ3v) is 4.12. The number of hydrogen-bond donors (Lipinski definition) is 1. The highest BCUT2D eigenvalue weighted by atomic mass is 16.2. The second kappa shape index (κ2) is 6.60. The molecule has 0 radical (unpaired) electrons. The first kappa shape index (κ1) is 14.6. The fourth-order valence-corrected chi connectivity index (χ4v) is 2.84. The predicted octanol–water partition coefficient (Wildman–Crippen LogP) is 2.65. The van der Waals surface area contributed by atoms with Crippen LogP contribution in [-0.2, 0) is 11.2 Å². The number of benzene rings is 1. The Balaban J connectivity index is 1.56. The molecule has 1 unspecified atom stereocenters. The molecule has 22 heavy (non-hydrogen) atoms. The van der Waals surface area contributed by atoms with Crippen molar-refractivity contribution >= 4 is 11.6 Å². The number of amides is 1. The largest absolute Gasteiger partial charge is 0.380 e. The number of nitrogens with one attached hydrogen (secondary N) is 1. The Morgan fingerprint density at radius 1 is 1.32 bits per heavy atom. The van der Waals surface area contributed by atoms with E-state index in [2.05, 4.69) is 10.3 Å². The second-order valence-corrected chi connectivity index (χ2v) is 5.82. The summed E-state index contributed by atoms with van der Waals surface area (Å²) < 4.78 is 0. The molecule has 1 amide bonds. The molecule has 0 spiro atoms. The minimum Gasteiger partial charge on any atom is -0.380 e. The summed E-state index contributed by atoms with van der Waals surface area (Å²) in [4.78, 5) is 18.4. The molecule has 2 heterocycles. The number of carbonyl (C=O) groups excluding carboxylic acids is 1. The Labute approximate surface area is 131 Å². The van der Waals surface area contributed by atoms with Gasteiger partial charge in [-0.25, -0.2) is 0 Å². The molecule has 4 nitrogen and oxygen atoms in total. The Morgan fingerprint density at radius 2 is 2.14 bits per heavy atom. The molecule has 1 fully saturated rings. The number of hydrogen-bond acceptors (Lipinski definition) is 3. The molecule has 4 heteroatoms. The van der Waals surface area contributed by atoms with E-state index >= 15 is 0 Å². The quantitative estimate of drug-likeness (QED) is 0.943. The molecule has 1 saturated heterocycles. The van der Waals surface area contributed by atoms with Crippen molar-refractivity contribution in [3.05, 3.63) is 59.9 Å². The number of aromatic nitrogens is 1. The lowest BCUT2D eigenvalue weighted by atomic mass is 10.1. The van der Waals surface area contributed by atoms with E-state index in [1.165, 1.54) is 0 Å². The highest BCUT2D eigenvalue weighted by Crippen LogP contribution is 2.19. The average Bonchev–Trinajstić information content (AvgIpc) is 2.99. The summed E-state index contributed by atoms with van der Waals surface area (Å²) in [6.07, 6.45) is 5.13. The molecular formula is C18H21N3O. The van der Waals surface area contributed by atoms with Gasteiger partial charge in [-0.2, -0.15) is 0 Å².